The Morgan fingerprint density at radius 2 is 1.70 bits per heavy atom. The molecule has 0 spiro atoms. The first kappa shape index (κ1) is 20.1. The number of nitrogens with one attached hydrogen (secondary N) is 1. The Labute approximate surface area is 171 Å². The molecule has 2 aromatic rings. The molecule has 1 aliphatic rings. The lowest BCUT2D eigenvalue weighted by Gasteiger charge is -2.31. The number of aryl methyl sites for hydroxylation is 2. The number of likely N-dealkylation sites (tertiary alicyclic amines) is 1. The highest BCUT2D eigenvalue weighted by Gasteiger charge is 2.25. The van der Waals surface area contributed by atoms with Gasteiger partial charge in [0.25, 0.3) is 0 Å². The van der Waals surface area contributed by atoms with Crippen LogP contribution in [0.4, 0.5) is 5.69 Å². The minimum absolute atomic E-state index is 0.110. The number of piperidine rings is 1. The zero-order chi connectivity index (χ0) is 19.2. The van der Waals surface area contributed by atoms with Gasteiger partial charge in [-0.05, 0) is 67.6 Å². The van der Waals surface area contributed by atoms with Crippen molar-refractivity contribution in [2.24, 2.45) is 5.92 Å². The molecule has 3 rings (SSSR count). The molecule has 0 atom stereocenters. The van der Waals surface area contributed by atoms with Gasteiger partial charge in [-0.2, -0.15) is 0 Å². The molecule has 1 saturated heterocycles. The molecule has 0 radical (unpaired) electrons. The standard InChI is InChI=1S/C23H29BrN2O/c1-3-18-8-6-9-19(4-2)22(18)25-23(27)20-11-13-26(14-12-20)16-17-7-5-10-21(24)15-17/h5-10,15,20H,3-4,11-14,16H2,1-2H3,(H,25,27). The molecular weight excluding hydrogens is 400 g/mol. The number of halogens is 1. The predicted molar refractivity (Wildman–Crippen MR) is 116 cm³/mol. The van der Waals surface area contributed by atoms with Crippen LogP contribution in [0.15, 0.2) is 46.9 Å². The predicted octanol–water partition coefficient (Wildman–Crippen LogP) is 5.42. The van der Waals surface area contributed by atoms with Crippen molar-refractivity contribution in [3.63, 3.8) is 0 Å². The van der Waals surface area contributed by atoms with Crippen LogP contribution in [-0.2, 0) is 24.2 Å². The fraction of sp³-hybridized carbons (Fsp3) is 0.435. The quantitative estimate of drug-likeness (QED) is 0.665. The van der Waals surface area contributed by atoms with Gasteiger partial charge in [-0.15, -0.1) is 0 Å². The second-order valence-corrected chi connectivity index (χ2v) is 8.24. The van der Waals surface area contributed by atoms with Gasteiger partial charge >= 0.3 is 0 Å². The normalized spacial score (nSPS) is 15.7. The van der Waals surface area contributed by atoms with E-state index in [9.17, 15) is 4.79 Å². The van der Waals surface area contributed by atoms with E-state index in [2.05, 4.69) is 82.5 Å². The van der Waals surface area contributed by atoms with E-state index in [0.717, 1.165) is 55.5 Å². The summed E-state index contributed by atoms with van der Waals surface area (Å²) >= 11 is 3.54. The van der Waals surface area contributed by atoms with Gasteiger partial charge in [-0.3, -0.25) is 9.69 Å². The first-order chi connectivity index (χ1) is 13.1. The molecule has 0 aliphatic carbocycles. The smallest absolute Gasteiger partial charge is 0.227 e. The topological polar surface area (TPSA) is 32.3 Å². The number of rotatable bonds is 6. The van der Waals surface area contributed by atoms with Crippen LogP contribution >= 0.6 is 15.9 Å². The van der Waals surface area contributed by atoms with Crippen molar-refractivity contribution in [1.82, 2.24) is 4.90 Å². The SMILES string of the molecule is CCc1cccc(CC)c1NC(=O)C1CCN(Cc2cccc(Br)c2)CC1. The second kappa shape index (κ2) is 9.52. The van der Waals surface area contributed by atoms with Gasteiger partial charge in [0.05, 0.1) is 0 Å². The Morgan fingerprint density at radius 3 is 2.30 bits per heavy atom. The fourth-order valence-electron chi connectivity index (χ4n) is 3.88. The average molecular weight is 429 g/mol. The van der Waals surface area contributed by atoms with Gasteiger partial charge in [-0.25, -0.2) is 0 Å². The number of anilines is 1. The van der Waals surface area contributed by atoms with E-state index in [0.29, 0.717) is 0 Å². The van der Waals surface area contributed by atoms with E-state index in [1.807, 2.05) is 0 Å². The number of amides is 1. The Bertz CT molecular complexity index is 759. The van der Waals surface area contributed by atoms with Crippen LogP contribution in [0.2, 0.25) is 0 Å². The molecule has 4 heteroatoms. The maximum atomic E-state index is 12.9. The highest BCUT2D eigenvalue weighted by Crippen LogP contribution is 2.26. The van der Waals surface area contributed by atoms with Crippen LogP contribution in [-0.4, -0.2) is 23.9 Å². The Kier molecular flexibility index (Phi) is 7.08. The average Bonchev–Trinajstić information content (AvgIpc) is 2.68. The molecule has 0 saturated carbocycles. The van der Waals surface area contributed by atoms with Crippen LogP contribution in [0, 0.1) is 5.92 Å². The monoisotopic (exact) mass is 428 g/mol. The zero-order valence-electron chi connectivity index (χ0n) is 16.3. The lowest BCUT2D eigenvalue weighted by molar-refractivity contribution is -0.121. The molecule has 0 unspecified atom stereocenters. The van der Waals surface area contributed by atoms with Crippen molar-refractivity contribution in [1.29, 1.82) is 0 Å². The molecule has 3 nitrogen and oxygen atoms in total. The summed E-state index contributed by atoms with van der Waals surface area (Å²) in [7, 11) is 0. The largest absolute Gasteiger partial charge is 0.325 e. The lowest BCUT2D eigenvalue weighted by Crippen LogP contribution is -2.38. The molecule has 1 N–H and O–H groups in total. The number of para-hydroxylation sites is 1. The van der Waals surface area contributed by atoms with Crippen LogP contribution < -0.4 is 5.32 Å². The van der Waals surface area contributed by atoms with Crippen LogP contribution in [0.1, 0.15) is 43.4 Å². The third-order valence-electron chi connectivity index (χ3n) is 5.50. The molecule has 0 aromatic heterocycles. The van der Waals surface area contributed by atoms with Gasteiger partial charge < -0.3 is 5.32 Å². The first-order valence-corrected chi connectivity index (χ1v) is 10.8. The maximum Gasteiger partial charge on any atom is 0.227 e. The summed E-state index contributed by atoms with van der Waals surface area (Å²) < 4.78 is 1.12. The summed E-state index contributed by atoms with van der Waals surface area (Å²) in [6.45, 7) is 7.18. The minimum atomic E-state index is 0.110. The number of nitrogens with zero attached hydrogens (tertiary/aromatic N) is 1. The van der Waals surface area contributed by atoms with Gasteiger partial charge in [0.1, 0.15) is 0 Å². The van der Waals surface area contributed by atoms with E-state index in [4.69, 9.17) is 0 Å². The number of carbonyl (C=O) groups is 1. The zero-order valence-corrected chi connectivity index (χ0v) is 17.9. The van der Waals surface area contributed by atoms with Crippen molar-refractivity contribution in [2.75, 3.05) is 18.4 Å². The van der Waals surface area contributed by atoms with Gasteiger partial charge in [0, 0.05) is 22.6 Å². The molecule has 1 aliphatic heterocycles. The third kappa shape index (κ3) is 5.20. The fourth-order valence-corrected chi connectivity index (χ4v) is 4.32. The molecular formula is C23H29BrN2O. The molecule has 1 fully saturated rings. The number of hydrogen-bond donors (Lipinski definition) is 1. The summed E-state index contributed by atoms with van der Waals surface area (Å²) in [6, 6.07) is 14.8. The van der Waals surface area contributed by atoms with E-state index in [-0.39, 0.29) is 11.8 Å². The summed E-state index contributed by atoms with van der Waals surface area (Å²) in [5, 5.41) is 3.26. The Hall–Kier alpha value is -1.65. The van der Waals surface area contributed by atoms with Crippen molar-refractivity contribution < 1.29 is 4.79 Å². The summed E-state index contributed by atoms with van der Waals surface area (Å²) in [5.41, 5.74) is 4.82. The Morgan fingerprint density at radius 1 is 1.07 bits per heavy atom. The van der Waals surface area contributed by atoms with E-state index in [1.165, 1.54) is 16.7 Å². The third-order valence-corrected chi connectivity index (χ3v) is 5.99. The molecule has 0 bridgehead atoms. The second-order valence-electron chi connectivity index (χ2n) is 7.33. The van der Waals surface area contributed by atoms with Crippen LogP contribution in [0.25, 0.3) is 0 Å². The van der Waals surface area contributed by atoms with Gasteiger partial charge in [0.2, 0.25) is 5.91 Å². The van der Waals surface area contributed by atoms with Crippen molar-refractivity contribution >= 4 is 27.5 Å². The van der Waals surface area contributed by atoms with Crippen LogP contribution in [0.5, 0.6) is 0 Å². The number of carbonyl (C=O) groups excluding carboxylic acids is 1. The molecule has 27 heavy (non-hydrogen) atoms. The highest BCUT2D eigenvalue weighted by atomic mass is 79.9. The number of hydrogen-bond acceptors (Lipinski definition) is 2. The van der Waals surface area contributed by atoms with Crippen molar-refractivity contribution in [3.05, 3.63) is 63.6 Å². The Balaban J connectivity index is 1.58. The molecule has 2 aromatic carbocycles. The van der Waals surface area contributed by atoms with E-state index >= 15 is 0 Å². The summed E-state index contributed by atoms with van der Waals surface area (Å²) in [5.74, 6) is 0.297. The van der Waals surface area contributed by atoms with Crippen molar-refractivity contribution in [2.45, 2.75) is 46.1 Å². The summed E-state index contributed by atoms with van der Waals surface area (Å²) in [6.07, 6.45) is 3.73. The van der Waals surface area contributed by atoms with Crippen LogP contribution in [0.3, 0.4) is 0 Å². The van der Waals surface area contributed by atoms with E-state index < -0.39 is 0 Å². The number of benzene rings is 2. The first-order valence-electron chi connectivity index (χ1n) is 9.99. The molecule has 1 amide bonds. The lowest BCUT2D eigenvalue weighted by atomic mass is 9.94. The van der Waals surface area contributed by atoms with Crippen molar-refractivity contribution in [3.8, 4) is 0 Å². The minimum Gasteiger partial charge on any atom is -0.325 e. The van der Waals surface area contributed by atoms with E-state index in [1.54, 1.807) is 0 Å². The van der Waals surface area contributed by atoms with Gasteiger partial charge in [-0.1, -0.05) is 60.1 Å². The highest BCUT2D eigenvalue weighted by molar-refractivity contribution is 9.10. The summed E-state index contributed by atoms with van der Waals surface area (Å²) in [4.78, 5) is 15.3. The maximum absolute atomic E-state index is 12.9. The molecule has 1 heterocycles. The van der Waals surface area contributed by atoms with Gasteiger partial charge in [0.15, 0.2) is 0 Å². The molecule has 144 valence electrons.